The van der Waals surface area contributed by atoms with Crippen LogP contribution in [-0.2, 0) is 0 Å². The topological polar surface area (TPSA) is 115 Å². The molecule has 0 amide bonds. The molecule has 9 heteroatoms. The maximum atomic E-state index is 9.06. The fraction of sp³-hybridized carbons (Fsp3) is 0. The molecule has 3 N–H and O–H groups in total. The summed E-state index contributed by atoms with van der Waals surface area (Å²) in [6, 6.07) is 20.3. The number of benzene rings is 3. The second-order valence-electron chi connectivity index (χ2n) is 6.97. The second-order valence-corrected chi connectivity index (χ2v) is 7.41. The Balaban J connectivity index is 1.71. The zero-order chi connectivity index (χ0) is 22.1. The van der Waals surface area contributed by atoms with Crippen molar-refractivity contribution in [2.24, 2.45) is 10.9 Å². The number of aromatic nitrogens is 5. The molecule has 3 aromatic carbocycles. The number of nitrogens with zero attached hydrogens (tertiary/aromatic N) is 6. The van der Waals surface area contributed by atoms with Crippen molar-refractivity contribution in [1.29, 1.82) is 0 Å². The van der Waals surface area contributed by atoms with Gasteiger partial charge in [0.15, 0.2) is 17.5 Å². The molecular formula is C23H16ClN7O. The van der Waals surface area contributed by atoms with Crippen LogP contribution >= 0.6 is 11.6 Å². The van der Waals surface area contributed by atoms with Crippen LogP contribution in [-0.4, -0.2) is 35.8 Å². The van der Waals surface area contributed by atoms with Gasteiger partial charge in [-0.2, -0.15) is 0 Å². The van der Waals surface area contributed by atoms with Crippen LogP contribution in [0.5, 0.6) is 0 Å². The van der Waals surface area contributed by atoms with Crippen LogP contribution in [0.4, 0.5) is 0 Å². The normalized spacial score (nSPS) is 11.7. The summed E-state index contributed by atoms with van der Waals surface area (Å²) >= 11 is 6.04. The standard InChI is InChI=1S/C23H16ClN7O/c24-17-7-4-14(5-8-17)22-28-23(16-6-9-19-20(13-16)27-11-10-26-19)31(29-22)18-3-1-2-15(12-18)21(25)30-32/h1-13,32H,(H2,25,30). The fourth-order valence-corrected chi connectivity index (χ4v) is 3.48. The molecule has 0 aliphatic carbocycles. The number of nitrogens with two attached hydrogens (primary N) is 1. The third kappa shape index (κ3) is 3.63. The number of amidine groups is 1. The van der Waals surface area contributed by atoms with Gasteiger partial charge in [-0.1, -0.05) is 28.9 Å². The first-order chi connectivity index (χ1) is 15.6. The molecule has 8 nitrogen and oxygen atoms in total. The zero-order valence-corrected chi connectivity index (χ0v) is 17.3. The van der Waals surface area contributed by atoms with Crippen LogP contribution in [0, 0.1) is 0 Å². The Hall–Kier alpha value is -4.30. The molecular weight excluding hydrogens is 426 g/mol. The molecule has 5 rings (SSSR count). The maximum absolute atomic E-state index is 9.06. The van der Waals surface area contributed by atoms with E-state index < -0.39 is 0 Å². The Morgan fingerprint density at radius 1 is 0.906 bits per heavy atom. The lowest BCUT2D eigenvalue weighted by Crippen LogP contribution is -2.13. The number of hydrogen-bond donors (Lipinski definition) is 2. The molecule has 0 bridgehead atoms. The number of hydrogen-bond acceptors (Lipinski definition) is 6. The number of fused-ring (bicyclic) bond motifs is 1. The first-order valence-corrected chi connectivity index (χ1v) is 10.0. The molecule has 0 aliphatic heterocycles. The van der Waals surface area contributed by atoms with E-state index in [1.165, 1.54) is 0 Å². The number of oxime groups is 1. The summed E-state index contributed by atoms with van der Waals surface area (Å²) in [5.74, 6) is 1.15. The van der Waals surface area contributed by atoms with Gasteiger partial charge in [0.1, 0.15) is 0 Å². The van der Waals surface area contributed by atoms with Crippen molar-refractivity contribution in [2.75, 3.05) is 0 Å². The Morgan fingerprint density at radius 3 is 2.44 bits per heavy atom. The van der Waals surface area contributed by atoms with Gasteiger partial charge in [0.05, 0.1) is 16.7 Å². The highest BCUT2D eigenvalue weighted by molar-refractivity contribution is 6.30. The summed E-state index contributed by atoms with van der Waals surface area (Å²) in [4.78, 5) is 13.5. The number of rotatable bonds is 4. The van der Waals surface area contributed by atoms with E-state index in [-0.39, 0.29) is 5.84 Å². The van der Waals surface area contributed by atoms with Gasteiger partial charge < -0.3 is 10.9 Å². The third-order valence-electron chi connectivity index (χ3n) is 4.93. The van der Waals surface area contributed by atoms with E-state index in [0.717, 1.165) is 22.2 Å². The van der Waals surface area contributed by atoms with Gasteiger partial charge in [0, 0.05) is 34.1 Å². The van der Waals surface area contributed by atoms with Gasteiger partial charge in [0.25, 0.3) is 0 Å². The van der Waals surface area contributed by atoms with Gasteiger partial charge in [-0.3, -0.25) is 9.97 Å². The SMILES string of the molecule is NC(=NO)c1cccc(-n2nc(-c3ccc(Cl)cc3)nc2-c2ccc3nccnc3c2)c1. The molecule has 156 valence electrons. The molecule has 2 aromatic heterocycles. The summed E-state index contributed by atoms with van der Waals surface area (Å²) in [5, 5.41) is 17.5. The summed E-state index contributed by atoms with van der Waals surface area (Å²) in [5.41, 5.74) is 10.2. The van der Waals surface area contributed by atoms with E-state index in [1.54, 1.807) is 41.3 Å². The minimum Gasteiger partial charge on any atom is -0.409 e. The van der Waals surface area contributed by atoms with E-state index in [4.69, 9.17) is 32.6 Å². The van der Waals surface area contributed by atoms with E-state index >= 15 is 0 Å². The lowest BCUT2D eigenvalue weighted by molar-refractivity contribution is 0.318. The van der Waals surface area contributed by atoms with Gasteiger partial charge >= 0.3 is 0 Å². The van der Waals surface area contributed by atoms with Crippen molar-refractivity contribution in [1.82, 2.24) is 24.7 Å². The van der Waals surface area contributed by atoms with Crippen LogP contribution in [0.3, 0.4) is 0 Å². The predicted molar refractivity (Wildman–Crippen MR) is 123 cm³/mol. The zero-order valence-electron chi connectivity index (χ0n) is 16.6. The minimum absolute atomic E-state index is 0.00687. The highest BCUT2D eigenvalue weighted by Crippen LogP contribution is 2.28. The van der Waals surface area contributed by atoms with Gasteiger partial charge in [-0.15, -0.1) is 5.10 Å². The Kier molecular flexibility index (Phi) is 4.97. The Labute approximate surface area is 187 Å². The van der Waals surface area contributed by atoms with Crippen LogP contribution in [0.1, 0.15) is 5.56 Å². The second kappa shape index (κ2) is 8.09. The van der Waals surface area contributed by atoms with Crippen LogP contribution in [0.15, 0.2) is 84.3 Å². The molecule has 0 aliphatic rings. The molecule has 0 atom stereocenters. The van der Waals surface area contributed by atoms with Crippen molar-refractivity contribution in [3.05, 3.63) is 89.7 Å². The molecule has 32 heavy (non-hydrogen) atoms. The van der Waals surface area contributed by atoms with Crippen LogP contribution < -0.4 is 5.73 Å². The van der Waals surface area contributed by atoms with Crippen molar-refractivity contribution in [3.8, 4) is 28.5 Å². The summed E-state index contributed by atoms with van der Waals surface area (Å²) in [6.07, 6.45) is 3.30. The number of halogens is 1. The van der Waals surface area contributed by atoms with Gasteiger partial charge in [-0.25, -0.2) is 9.67 Å². The maximum Gasteiger partial charge on any atom is 0.182 e. The first kappa shape index (κ1) is 19.7. The quantitative estimate of drug-likeness (QED) is 0.186. The highest BCUT2D eigenvalue weighted by atomic mass is 35.5. The van der Waals surface area contributed by atoms with Crippen molar-refractivity contribution < 1.29 is 5.21 Å². The van der Waals surface area contributed by atoms with Crippen molar-refractivity contribution in [2.45, 2.75) is 0 Å². The van der Waals surface area contributed by atoms with Gasteiger partial charge in [-0.05, 0) is 54.6 Å². The molecule has 2 heterocycles. The fourth-order valence-electron chi connectivity index (χ4n) is 3.36. The Bertz CT molecular complexity index is 1460. The predicted octanol–water partition coefficient (Wildman–Crippen LogP) is 4.29. The van der Waals surface area contributed by atoms with E-state index in [0.29, 0.717) is 27.9 Å². The third-order valence-corrected chi connectivity index (χ3v) is 5.18. The molecule has 0 spiro atoms. The summed E-state index contributed by atoms with van der Waals surface area (Å²) < 4.78 is 1.72. The largest absolute Gasteiger partial charge is 0.409 e. The molecule has 0 radical (unpaired) electrons. The minimum atomic E-state index is 0.00687. The van der Waals surface area contributed by atoms with Crippen molar-refractivity contribution in [3.63, 3.8) is 0 Å². The highest BCUT2D eigenvalue weighted by Gasteiger charge is 2.16. The molecule has 5 aromatic rings. The average molecular weight is 442 g/mol. The lowest BCUT2D eigenvalue weighted by atomic mass is 10.1. The van der Waals surface area contributed by atoms with E-state index in [9.17, 15) is 0 Å². The first-order valence-electron chi connectivity index (χ1n) is 9.65. The van der Waals surface area contributed by atoms with Crippen LogP contribution in [0.2, 0.25) is 5.02 Å². The summed E-state index contributed by atoms with van der Waals surface area (Å²) in [6.45, 7) is 0. The lowest BCUT2D eigenvalue weighted by Gasteiger charge is -2.08. The average Bonchev–Trinajstić information content (AvgIpc) is 3.29. The molecule has 0 fully saturated rings. The molecule has 0 unspecified atom stereocenters. The van der Waals surface area contributed by atoms with E-state index in [2.05, 4.69) is 15.1 Å². The smallest absolute Gasteiger partial charge is 0.182 e. The molecule has 0 saturated carbocycles. The monoisotopic (exact) mass is 441 g/mol. The van der Waals surface area contributed by atoms with E-state index in [1.807, 2.05) is 42.5 Å². The van der Waals surface area contributed by atoms with Crippen LogP contribution in [0.25, 0.3) is 39.5 Å². The van der Waals surface area contributed by atoms with Crippen molar-refractivity contribution >= 4 is 28.5 Å². The summed E-state index contributed by atoms with van der Waals surface area (Å²) in [7, 11) is 0. The molecule has 0 saturated heterocycles. The van der Waals surface area contributed by atoms with Gasteiger partial charge in [0.2, 0.25) is 0 Å². The Morgan fingerprint density at radius 2 is 1.66 bits per heavy atom.